The minimum atomic E-state index is 0.566. The fourth-order valence-corrected chi connectivity index (χ4v) is 2.16. The largest absolute Gasteiger partial charge is 0.317 e. The SMILES string of the molecule is CNC(C)CCc1ccc(-c2ccc(Cl)cc2)cc1. The Kier molecular flexibility index (Phi) is 5.00. The fourth-order valence-electron chi connectivity index (χ4n) is 2.03. The Hall–Kier alpha value is -1.31. The zero-order valence-electron chi connectivity index (χ0n) is 11.5. The van der Waals surface area contributed by atoms with Gasteiger partial charge in [-0.05, 0) is 55.6 Å². The number of aryl methyl sites for hydroxylation is 1. The molecule has 0 spiro atoms. The summed E-state index contributed by atoms with van der Waals surface area (Å²) in [5, 5.41) is 4.04. The van der Waals surface area contributed by atoms with Crippen LogP contribution < -0.4 is 5.32 Å². The van der Waals surface area contributed by atoms with Gasteiger partial charge in [0.15, 0.2) is 0 Å². The predicted molar refractivity (Wildman–Crippen MR) is 83.7 cm³/mol. The maximum Gasteiger partial charge on any atom is 0.0406 e. The first-order valence-electron chi connectivity index (χ1n) is 6.71. The van der Waals surface area contributed by atoms with Crippen LogP contribution in [0.1, 0.15) is 18.9 Å². The van der Waals surface area contributed by atoms with Crippen LogP contribution in [0.5, 0.6) is 0 Å². The molecule has 2 aromatic rings. The van der Waals surface area contributed by atoms with Crippen molar-refractivity contribution in [1.82, 2.24) is 5.32 Å². The third-order valence-electron chi connectivity index (χ3n) is 3.49. The van der Waals surface area contributed by atoms with Crippen molar-refractivity contribution in [3.63, 3.8) is 0 Å². The predicted octanol–water partition coefficient (Wildman–Crippen LogP) is 4.55. The van der Waals surface area contributed by atoms with Crippen LogP contribution >= 0.6 is 11.6 Å². The van der Waals surface area contributed by atoms with Gasteiger partial charge in [-0.3, -0.25) is 0 Å². The first-order chi connectivity index (χ1) is 9.19. The van der Waals surface area contributed by atoms with E-state index in [1.807, 2.05) is 19.2 Å². The summed E-state index contributed by atoms with van der Waals surface area (Å²) in [7, 11) is 2.01. The topological polar surface area (TPSA) is 12.0 Å². The van der Waals surface area contributed by atoms with Crippen molar-refractivity contribution in [3.8, 4) is 11.1 Å². The summed E-state index contributed by atoms with van der Waals surface area (Å²) in [5.41, 5.74) is 3.83. The highest BCUT2D eigenvalue weighted by Gasteiger charge is 2.01. The third-order valence-corrected chi connectivity index (χ3v) is 3.74. The maximum absolute atomic E-state index is 5.90. The van der Waals surface area contributed by atoms with Gasteiger partial charge in [-0.2, -0.15) is 0 Å². The van der Waals surface area contributed by atoms with Crippen molar-refractivity contribution < 1.29 is 0 Å². The van der Waals surface area contributed by atoms with E-state index in [2.05, 4.69) is 48.6 Å². The van der Waals surface area contributed by atoms with Crippen LogP contribution in [-0.2, 0) is 6.42 Å². The van der Waals surface area contributed by atoms with E-state index in [-0.39, 0.29) is 0 Å². The second kappa shape index (κ2) is 6.74. The molecule has 0 saturated carbocycles. The molecule has 2 heteroatoms. The number of rotatable bonds is 5. The van der Waals surface area contributed by atoms with E-state index in [9.17, 15) is 0 Å². The number of halogens is 1. The standard InChI is InChI=1S/C17H20ClN/c1-13(19-2)3-4-14-5-7-15(8-6-14)16-9-11-17(18)12-10-16/h5-13,19H,3-4H2,1-2H3. The summed E-state index contributed by atoms with van der Waals surface area (Å²) >= 11 is 5.90. The Morgan fingerprint density at radius 3 is 2.00 bits per heavy atom. The Balaban J connectivity index is 2.04. The molecule has 1 unspecified atom stereocenters. The lowest BCUT2D eigenvalue weighted by Gasteiger charge is -2.10. The quantitative estimate of drug-likeness (QED) is 0.843. The summed E-state index contributed by atoms with van der Waals surface area (Å²) in [6.07, 6.45) is 2.28. The first-order valence-corrected chi connectivity index (χ1v) is 7.09. The molecule has 2 rings (SSSR count). The van der Waals surface area contributed by atoms with Crippen LogP contribution in [0.2, 0.25) is 5.02 Å². The molecule has 0 aliphatic rings. The second-order valence-electron chi connectivity index (χ2n) is 4.93. The van der Waals surface area contributed by atoms with Crippen molar-refractivity contribution in [1.29, 1.82) is 0 Å². The smallest absolute Gasteiger partial charge is 0.0406 e. The van der Waals surface area contributed by atoms with Gasteiger partial charge in [0, 0.05) is 11.1 Å². The monoisotopic (exact) mass is 273 g/mol. The van der Waals surface area contributed by atoms with E-state index in [0.717, 1.165) is 17.9 Å². The molecule has 0 aliphatic heterocycles. The van der Waals surface area contributed by atoms with Crippen LogP contribution in [0.3, 0.4) is 0 Å². The van der Waals surface area contributed by atoms with Gasteiger partial charge in [-0.15, -0.1) is 0 Å². The fraction of sp³-hybridized carbons (Fsp3) is 0.294. The van der Waals surface area contributed by atoms with Gasteiger partial charge >= 0.3 is 0 Å². The first kappa shape index (κ1) is 14.1. The average molecular weight is 274 g/mol. The van der Waals surface area contributed by atoms with Crippen LogP contribution in [0.15, 0.2) is 48.5 Å². The molecule has 0 radical (unpaired) electrons. The molecular weight excluding hydrogens is 254 g/mol. The molecule has 0 aliphatic carbocycles. The van der Waals surface area contributed by atoms with Crippen molar-refractivity contribution >= 4 is 11.6 Å². The number of hydrogen-bond donors (Lipinski definition) is 1. The molecule has 0 aromatic heterocycles. The minimum Gasteiger partial charge on any atom is -0.317 e. The van der Waals surface area contributed by atoms with Crippen molar-refractivity contribution in [2.45, 2.75) is 25.8 Å². The van der Waals surface area contributed by atoms with Crippen molar-refractivity contribution in [2.75, 3.05) is 7.05 Å². The molecule has 0 saturated heterocycles. The number of benzene rings is 2. The lowest BCUT2D eigenvalue weighted by Crippen LogP contribution is -2.21. The summed E-state index contributed by atoms with van der Waals surface area (Å²) in [6.45, 7) is 2.21. The van der Waals surface area contributed by atoms with Crippen LogP contribution in [0, 0.1) is 0 Å². The van der Waals surface area contributed by atoms with Gasteiger partial charge in [0.05, 0.1) is 0 Å². The molecule has 0 heterocycles. The Bertz CT molecular complexity index is 502. The van der Waals surface area contributed by atoms with Crippen LogP contribution in [-0.4, -0.2) is 13.1 Å². The third kappa shape index (κ3) is 4.09. The minimum absolute atomic E-state index is 0.566. The van der Waals surface area contributed by atoms with Gasteiger partial charge < -0.3 is 5.32 Å². The van der Waals surface area contributed by atoms with E-state index in [4.69, 9.17) is 11.6 Å². The zero-order valence-corrected chi connectivity index (χ0v) is 12.2. The normalized spacial score (nSPS) is 12.4. The van der Waals surface area contributed by atoms with E-state index >= 15 is 0 Å². The summed E-state index contributed by atoms with van der Waals surface area (Å²) < 4.78 is 0. The lowest BCUT2D eigenvalue weighted by molar-refractivity contribution is 0.565. The molecule has 2 aromatic carbocycles. The molecule has 19 heavy (non-hydrogen) atoms. The molecule has 1 nitrogen and oxygen atoms in total. The molecule has 0 bridgehead atoms. The summed E-state index contributed by atoms with van der Waals surface area (Å²) in [6, 6.07) is 17.3. The van der Waals surface area contributed by atoms with Gasteiger partial charge in [0.1, 0.15) is 0 Å². The van der Waals surface area contributed by atoms with Gasteiger partial charge in [0.2, 0.25) is 0 Å². The average Bonchev–Trinajstić information content (AvgIpc) is 2.46. The molecule has 1 atom stereocenters. The Morgan fingerprint density at radius 1 is 0.947 bits per heavy atom. The number of hydrogen-bond acceptors (Lipinski definition) is 1. The highest BCUT2D eigenvalue weighted by molar-refractivity contribution is 6.30. The summed E-state index contributed by atoms with van der Waals surface area (Å²) in [5.74, 6) is 0. The van der Waals surface area contributed by atoms with Crippen molar-refractivity contribution in [3.05, 3.63) is 59.1 Å². The van der Waals surface area contributed by atoms with Crippen LogP contribution in [0.25, 0.3) is 11.1 Å². The maximum atomic E-state index is 5.90. The Labute approximate surface area is 120 Å². The van der Waals surface area contributed by atoms with Gasteiger partial charge in [-0.25, -0.2) is 0 Å². The highest BCUT2D eigenvalue weighted by atomic mass is 35.5. The Morgan fingerprint density at radius 2 is 1.47 bits per heavy atom. The van der Waals surface area contributed by atoms with E-state index in [0.29, 0.717) is 6.04 Å². The molecule has 1 N–H and O–H groups in total. The van der Waals surface area contributed by atoms with E-state index < -0.39 is 0 Å². The zero-order chi connectivity index (χ0) is 13.7. The van der Waals surface area contributed by atoms with Gasteiger partial charge in [-0.1, -0.05) is 48.0 Å². The summed E-state index contributed by atoms with van der Waals surface area (Å²) in [4.78, 5) is 0. The number of nitrogens with one attached hydrogen (secondary N) is 1. The van der Waals surface area contributed by atoms with E-state index in [1.165, 1.54) is 16.7 Å². The highest BCUT2D eigenvalue weighted by Crippen LogP contribution is 2.22. The van der Waals surface area contributed by atoms with E-state index in [1.54, 1.807) is 0 Å². The molecular formula is C17H20ClN. The molecule has 0 amide bonds. The van der Waals surface area contributed by atoms with Gasteiger partial charge in [0.25, 0.3) is 0 Å². The van der Waals surface area contributed by atoms with Crippen molar-refractivity contribution in [2.24, 2.45) is 0 Å². The lowest BCUT2D eigenvalue weighted by atomic mass is 10.0. The molecule has 0 fully saturated rings. The van der Waals surface area contributed by atoms with Crippen LogP contribution in [0.4, 0.5) is 0 Å². The molecule has 100 valence electrons. The second-order valence-corrected chi connectivity index (χ2v) is 5.37.